The lowest BCUT2D eigenvalue weighted by Crippen LogP contribution is -2.30. The Morgan fingerprint density at radius 1 is 1.00 bits per heavy atom. The molecule has 8 nitrogen and oxygen atoms in total. The zero-order valence-corrected chi connectivity index (χ0v) is 20.6. The number of nitrogens with zero attached hydrogens (tertiary/aromatic N) is 4. The number of fused-ring (bicyclic) bond motifs is 1. The van der Waals surface area contributed by atoms with Crippen molar-refractivity contribution in [2.24, 2.45) is 0 Å². The molecule has 1 aromatic heterocycles. The number of amides is 2. The molecule has 5 rings (SSSR count). The van der Waals surface area contributed by atoms with E-state index in [9.17, 15) is 9.59 Å². The van der Waals surface area contributed by atoms with Gasteiger partial charge in [0, 0.05) is 23.5 Å². The standard InChI is InChI=1S/C27H25N5O3S/c1-35-22-12-7-9-20(16-22)26(34)28-17-24-29-30-27(32(24)21-10-3-2-4-11-21)36-18-25(33)31-15-14-19-8-5-6-13-23(19)31/h2-13,16H,14-15,17-18H2,1H3,(H,28,34). The largest absolute Gasteiger partial charge is 0.497 e. The summed E-state index contributed by atoms with van der Waals surface area (Å²) in [7, 11) is 1.56. The molecule has 0 bridgehead atoms. The van der Waals surface area contributed by atoms with E-state index in [-0.39, 0.29) is 24.1 Å². The third kappa shape index (κ3) is 4.96. The van der Waals surface area contributed by atoms with E-state index in [4.69, 9.17) is 4.74 Å². The number of aromatic nitrogens is 3. The minimum Gasteiger partial charge on any atom is -0.497 e. The highest BCUT2D eigenvalue weighted by atomic mass is 32.2. The first kappa shape index (κ1) is 23.6. The highest BCUT2D eigenvalue weighted by Gasteiger charge is 2.25. The van der Waals surface area contributed by atoms with Gasteiger partial charge in [0.2, 0.25) is 5.91 Å². The maximum atomic E-state index is 13.0. The van der Waals surface area contributed by atoms with E-state index in [1.807, 2.05) is 58.0 Å². The van der Waals surface area contributed by atoms with E-state index in [1.165, 1.54) is 17.3 Å². The number of anilines is 1. The Balaban J connectivity index is 1.32. The molecular weight excluding hydrogens is 474 g/mol. The van der Waals surface area contributed by atoms with Crippen LogP contribution in [-0.4, -0.2) is 46.0 Å². The molecule has 0 saturated carbocycles. The van der Waals surface area contributed by atoms with Gasteiger partial charge in [-0.05, 0) is 48.4 Å². The number of para-hydroxylation sites is 2. The van der Waals surface area contributed by atoms with Crippen LogP contribution in [0.1, 0.15) is 21.7 Å². The van der Waals surface area contributed by atoms with E-state index in [0.717, 1.165) is 17.8 Å². The van der Waals surface area contributed by atoms with E-state index in [1.54, 1.807) is 31.4 Å². The summed E-state index contributed by atoms with van der Waals surface area (Å²) < 4.78 is 7.09. The number of methoxy groups -OCH3 is 1. The molecule has 0 spiro atoms. The van der Waals surface area contributed by atoms with Crippen LogP contribution in [0.25, 0.3) is 5.69 Å². The number of hydrogen-bond donors (Lipinski definition) is 1. The van der Waals surface area contributed by atoms with Gasteiger partial charge in [0.25, 0.3) is 5.91 Å². The number of thioether (sulfide) groups is 1. The fraction of sp³-hybridized carbons (Fsp3) is 0.185. The maximum absolute atomic E-state index is 13.0. The summed E-state index contributed by atoms with van der Waals surface area (Å²) >= 11 is 1.34. The number of rotatable bonds is 8. The summed E-state index contributed by atoms with van der Waals surface area (Å²) in [5.74, 6) is 1.20. The minimum absolute atomic E-state index is 0.0282. The molecule has 0 aliphatic carbocycles. The van der Waals surface area contributed by atoms with E-state index in [2.05, 4.69) is 21.6 Å². The number of carbonyl (C=O) groups excluding carboxylic acids is 2. The Morgan fingerprint density at radius 2 is 1.81 bits per heavy atom. The zero-order chi connectivity index (χ0) is 24.9. The van der Waals surface area contributed by atoms with Crippen LogP contribution >= 0.6 is 11.8 Å². The Kier molecular flexibility index (Phi) is 6.99. The topological polar surface area (TPSA) is 89.3 Å². The molecule has 1 aliphatic heterocycles. The molecule has 0 fully saturated rings. The summed E-state index contributed by atoms with van der Waals surface area (Å²) in [5, 5.41) is 12.2. The van der Waals surface area contributed by atoms with Crippen molar-refractivity contribution in [3.63, 3.8) is 0 Å². The van der Waals surface area contributed by atoms with Crippen molar-refractivity contribution >= 4 is 29.3 Å². The molecule has 3 aromatic carbocycles. The fourth-order valence-corrected chi connectivity index (χ4v) is 5.02. The van der Waals surface area contributed by atoms with Crippen LogP contribution in [0.3, 0.4) is 0 Å². The second-order valence-corrected chi connectivity index (χ2v) is 9.14. The molecule has 2 amide bonds. The molecule has 1 N–H and O–H groups in total. The average Bonchev–Trinajstić information content (AvgIpc) is 3.55. The van der Waals surface area contributed by atoms with Gasteiger partial charge in [-0.15, -0.1) is 10.2 Å². The lowest BCUT2D eigenvalue weighted by molar-refractivity contribution is -0.116. The smallest absolute Gasteiger partial charge is 0.251 e. The van der Waals surface area contributed by atoms with Gasteiger partial charge in [0.05, 0.1) is 19.4 Å². The molecular formula is C27H25N5O3S. The highest BCUT2D eigenvalue weighted by molar-refractivity contribution is 7.99. The first-order valence-electron chi connectivity index (χ1n) is 11.6. The number of ether oxygens (including phenoxy) is 1. The second kappa shape index (κ2) is 10.7. The molecule has 4 aromatic rings. The van der Waals surface area contributed by atoms with Crippen LogP contribution in [0.4, 0.5) is 5.69 Å². The van der Waals surface area contributed by atoms with Crippen molar-refractivity contribution < 1.29 is 14.3 Å². The van der Waals surface area contributed by atoms with Crippen molar-refractivity contribution in [1.29, 1.82) is 0 Å². The van der Waals surface area contributed by atoms with Crippen LogP contribution in [0.2, 0.25) is 0 Å². The summed E-state index contributed by atoms with van der Waals surface area (Å²) in [5.41, 5.74) is 3.52. The van der Waals surface area contributed by atoms with Crippen molar-refractivity contribution in [2.75, 3.05) is 24.3 Å². The van der Waals surface area contributed by atoms with Gasteiger partial charge in [0.15, 0.2) is 11.0 Å². The van der Waals surface area contributed by atoms with Crippen molar-refractivity contribution in [2.45, 2.75) is 18.1 Å². The fourth-order valence-electron chi connectivity index (χ4n) is 4.17. The zero-order valence-electron chi connectivity index (χ0n) is 19.8. The van der Waals surface area contributed by atoms with Crippen LogP contribution in [0.5, 0.6) is 5.75 Å². The molecule has 9 heteroatoms. The van der Waals surface area contributed by atoms with Gasteiger partial charge in [-0.25, -0.2) is 0 Å². The predicted octanol–water partition coefficient (Wildman–Crippen LogP) is 3.89. The Hall–Kier alpha value is -4.11. The molecule has 182 valence electrons. The maximum Gasteiger partial charge on any atom is 0.251 e. The monoisotopic (exact) mass is 499 g/mol. The van der Waals surface area contributed by atoms with Gasteiger partial charge in [-0.2, -0.15) is 0 Å². The molecule has 2 heterocycles. The van der Waals surface area contributed by atoms with Gasteiger partial charge in [0.1, 0.15) is 5.75 Å². The van der Waals surface area contributed by atoms with E-state index >= 15 is 0 Å². The SMILES string of the molecule is COc1cccc(C(=O)NCc2nnc(SCC(=O)N3CCc4ccccc43)n2-c2ccccc2)c1. The highest BCUT2D eigenvalue weighted by Crippen LogP contribution is 2.29. The lowest BCUT2D eigenvalue weighted by Gasteiger charge is -2.17. The number of nitrogens with one attached hydrogen (secondary N) is 1. The average molecular weight is 500 g/mol. The summed E-state index contributed by atoms with van der Waals surface area (Å²) in [6, 6.07) is 24.6. The normalized spacial score (nSPS) is 12.3. The van der Waals surface area contributed by atoms with Crippen LogP contribution < -0.4 is 15.0 Å². The quantitative estimate of drug-likeness (QED) is 0.370. The van der Waals surface area contributed by atoms with Gasteiger partial charge < -0.3 is 15.0 Å². The summed E-state index contributed by atoms with van der Waals surface area (Å²) in [6.07, 6.45) is 0.865. The Bertz CT molecular complexity index is 1390. The van der Waals surface area contributed by atoms with E-state index in [0.29, 0.717) is 28.8 Å². The molecule has 0 saturated heterocycles. The predicted molar refractivity (Wildman–Crippen MR) is 139 cm³/mol. The molecule has 0 unspecified atom stereocenters. The minimum atomic E-state index is -0.242. The number of hydrogen-bond acceptors (Lipinski definition) is 6. The van der Waals surface area contributed by atoms with Crippen molar-refractivity contribution in [3.05, 3.63) is 95.8 Å². The van der Waals surface area contributed by atoms with Crippen molar-refractivity contribution in [3.8, 4) is 11.4 Å². The van der Waals surface area contributed by atoms with Gasteiger partial charge >= 0.3 is 0 Å². The Morgan fingerprint density at radius 3 is 2.64 bits per heavy atom. The Labute approximate surface area is 213 Å². The third-order valence-corrected chi connectivity index (χ3v) is 6.88. The van der Waals surface area contributed by atoms with Crippen molar-refractivity contribution in [1.82, 2.24) is 20.1 Å². The van der Waals surface area contributed by atoms with Gasteiger partial charge in [-0.3, -0.25) is 14.2 Å². The van der Waals surface area contributed by atoms with Crippen LogP contribution in [-0.2, 0) is 17.8 Å². The number of carbonyl (C=O) groups is 2. The van der Waals surface area contributed by atoms with Crippen LogP contribution in [0, 0.1) is 0 Å². The summed E-state index contributed by atoms with van der Waals surface area (Å²) in [4.78, 5) is 27.6. The lowest BCUT2D eigenvalue weighted by atomic mass is 10.2. The molecule has 1 aliphatic rings. The summed E-state index contributed by atoms with van der Waals surface area (Å²) in [6.45, 7) is 0.859. The third-order valence-electron chi connectivity index (χ3n) is 5.97. The first-order valence-corrected chi connectivity index (χ1v) is 12.6. The second-order valence-electron chi connectivity index (χ2n) is 8.20. The van der Waals surface area contributed by atoms with Gasteiger partial charge in [-0.1, -0.05) is 54.2 Å². The molecule has 0 radical (unpaired) electrons. The van der Waals surface area contributed by atoms with E-state index < -0.39 is 0 Å². The number of benzene rings is 3. The van der Waals surface area contributed by atoms with Crippen LogP contribution in [0.15, 0.2) is 84.0 Å². The molecule has 36 heavy (non-hydrogen) atoms. The molecule has 0 atom stereocenters. The first-order chi connectivity index (χ1) is 17.6.